The minimum Gasteiger partial charge on any atom is -0.299 e. The van der Waals surface area contributed by atoms with Gasteiger partial charge in [0.1, 0.15) is 5.78 Å². The van der Waals surface area contributed by atoms with E-state index in [0.29, 0.717) is 17.1 Å². The summed E-state index contributed by atoms with van der Waals surface area (Å²) in [6, 6.07) is 0. The van der Waals surface area contributed by atoms with Gasteiger partial charge in [-0.3, -0.25) is 4.79 Å². The quantitative estimate of drug-likeness (QED) is 0.648. The van der Waals surface area contributed by atoms with Crippen LogP contribution < -0.4 is 0 Å². The molecule has 2 fully saturated rings. The topological polar surface area (TPSA) is 17.1 Å². The third kappa shape index (κ3) is 1.98. The normalized spacial score (nSPS) is 40.8. The van der Waals surface area contributed by atoms with Gasteiger partial charge < -0.3 is 0 Å². The molecule has 0 aliphatic heterocycles. The summed E-state index contributed by atoms with van der Waals surface area (Å²) >= 11 is 0. The lowest BCUT2D eigenvalue weighted by Gasteiger charge is -2.56. The van der Waals surface area contributed by atoms with Gasteiger partial charge in [-0.25, -0.2) is 0 Å². The van der Waals surface area contributed by atoms with E-state index in [1.54, 1.807) is 0 Å². The van der Waals surface area contributed by atoms with Crippen LogP contribution in [0.15, 0.2) is 12.7 Å². The van der Waals surface area contributed by atoms with Crippen LogP contribution in [0.2, 0.25) is 0 Å². The molecule has 3 atom stereocenters. The number of hydrogen-bond acceptors (Lipinski definition) is 1. The first kappa shape index (κ1) is 12.9. The van der Waals surface area contributed by atoms with Crippen LogP contribution in [-0.2, 0) is 4.79 Å². The summed E-state index contributed by atoms with van der Waals surface area (Å²) in [5.74, 6) is 1.44. The van der Waals surface area contributed by atoms with Crippen LogP contribution in [0.4, 0.5) is 0 Å². The maximum Gasteiger partial charge on any atom is 0.136 e. The van der Waals surface area contributed by atoms with Crippen molar-refractivity contribution in [3.8, 4) is 0 Å². The highest BCUT2D eigenvalue weighted by molar-refractivity contribution is 5.83. The SMILES string of the molecule is C=CCC1C(=O)CC[C@@H]2C(C)(C)CCC[C@]12C. The zero-order valence-corrected chi connectivity index (χ0v) is 11.6. The summed E-state index contributed by atoms with van der Waals surface area (Å²) < 4.78 is 0. The van der Waals surface area contributed by atoms with Crippen LogP contribution in [0.25, 0.3) is 0 Å². The van der Waals surface area contributed by atoms with Crippen molar-refractivity contribution in [3.63, 3.8) is 0 Å². The van der Waals surface area contributed by atoms with E-state index in [1.807, 2.05) is 6.08 Å². The second-order valence-corrected chi connectivity index (χ2v) is 6.98. The van der Waals surface area contributed by atoms with E-state index in [1.165, 1.54) is 19.3 Å². The van der Waals surface area contributed by atoms with Crippen molar-refractivity contribution in [1.82, 2.24) is 0 Å². The number of rotatable bonds is 2. The molecule has 0 bridgehead atoms. The molecule has 2 aliphatic carbocycles. The third-order valence-electron chi connectivity index (χ3n) is 5.54. The second kappa shape index (κ2) is 4.26. The van der Waals surface area contributed by atoms with E-state index < -0.39 is 0 Å². The van der Waals surface area contributed by atoms with Crippen molar-refractivity contribution in [2.75, 3.05) is 0 Å². The summed E-state index contributed by atoms with van der Waals surface area (Å²) in [6.45, 7) is 11.0. The smallest absolute Gasteiger partial charge is 0.136 e. The Morgan fingerprint density at radius 2 is 2.06 bits per heavy atom. The number of ketones is 1. The molecule has 1 unspecified atom stereocenters. The molecule has 0 amide bonds. The summed E-state index contributed by atoms with van der Waals surface area (Å²) in [7, 11) is 0. The molecule has 17 heavy (non-hydrogen) atoms. The van der Waals surface area contributed by atoms with Crippen molar-refractivity contribution in [3.05, 3.63) is 12.7 Å². The van der Waals surface area contributed by atoms with Crippen LogP contribution in [-0.4, -0.2) is 5.78 Å². The molecule has 0 aromatic heterocycles. The average molecular weight is 234 g/mol. The minimum absolute atomic E-state index is 0.227. The fraction of sp³-hybridized carbons (Fsp3) is 0.812. The van der Waals surface area contributed by atoms with Crippen molar-refractivity contribution >= 4 is 5.78 Å². The molecular weight excluding hydrogens is 208 g/mol. The minimum atomic E-state index is 0.227. The molecule has 96 valence electrons. The van der Waals surface area contributed by atoms with Crippen LogP contribution in [0.5, 0.6) is 0 Å². The van der Waals surface area contributed by atoms with Gasteiger partial charge in [0, 0.05) is 12.3 Å². The summed E-state index contributed by atoms with van der Waals surface area (Å²) in [5.41, 5.74) is 0.637. The average Bonchev–Trinajstić information content (AvgIpc) is 2.22. The fourth-order valence-corrected chi connectivity index (χ4v) is 4.70. The Labute approximate surface area is 106 Å². The summed E-state index contributed by atoms with van der Waals surface area (Å²) in [5, 5.41) is 0. The molecular formula is C16H26O. The molecule has 0 heterocycles. The van der Waals surface area contributed by atoms with Gasteiger partial charge in [-0.1, -0.05) is 33.3 Å². The molecule has 0 aromatic carbocycles. The van der Waals surface area contributed by atoms with Crippen molar-refractivity contribution < 1.29 is 4.79 Å². The molecule has 0 spiro atoms. The molecule has 0 N–H and O–H groups in total. The van der Waals surface area contributed by atoms with Crippen LogP contribution in [0, 0.1) is 22.7 Å². The van der Waals surface area contributed by atoms with Crippen molar-refractivity contribution in [2.24, 2.45) is 22.7 Å². The molecule has 2 rings (SSSR count). The van der Waals surface area contributed by atoms with Gasteiger partial charge in [0.05, 0.1) is 0 Å². The Morgan fingerprint density at radius 3 is 2.71 bits per heavy atom. The number of carbonyl (C=O) groups is 1. The van der Waals surface area contributed by atoms with E-state index in [9.17, 15) is 4.79 Å². The van der Waals surface area contributed by atoms with E-state index in [2.05, 4.69) is 27.4 Å². The lowest BCUT2D eigenvalue weighted by Crippen LogP contribution is -2.51. The largest absolute Gasteiger partial charge is 0.299 e. The van der Waals surface area contributed by atoms with Crippen LogP contribution in [0.1, 0.15) is 59.3 Å². The van der Waals surface area contributed by atoms with Crippen LogP contribution in [0.3, 0.4) is 0 Å². The van der Waals surface area contributed by atoms with Gasteiger partial charge in [0.25, 0.3) is 0 Å². The Hall–Kier alpha value is -0.590. The van der Waals surface area contributed by atoms with Gasteiger partial charge in [-0.05, 0) is 42.4 Å². The van der Waals surface area contributed by atoms with Gasteiger partial charge in [-0.15, -0.1) is 6.58 Å². The number of carbonyl (C=O) groups excluding carboxylic acids is 1. The summed E-state index contributed by atoms with van der Waals surface area (Å²) in [6.07, 6.45) is 8.55. The highest BCUT2D eigenvalue weighted by atomic mass is 16.1. The third-order valence-corrected chi connectivity index (χ3v) is 5.54. The lowest BCUT2D eigenvalue weighted by molar-refractivity contribution is -0.142. The first-order chi connectivity index (χ1) is 7.92. The molecule has 2 aliphatic rings. The lowest BCUT2D eigenvalue weighted by atomic mass is 9.48. The van der Waals surface area contributed by atoms with E-state index >= 15 is 0 Å². The molecule has 2 saturated carbocycles. The van der Waals surface area contributed by atoms with Gasteiger partial charge in [-0.2, -0.15) is 0 Å². The Balaban J connectivity index is 2.34. The predicted molar refractivity (Wildman–Crippen MR) is 71.8 cm³/mol. The van der Waals surface area contributed by atoms with E-state index in [4.69, 9.17) is 0 Å². The van der Waals surface area contributed by atoms with Gasteiger partial charge >= 0.3 is 0 Å². The monoisotopic (exact) mass is 234 g/mol. The second-order valence-electron chi connectivity index (χ2n) is 6.98. The van der Waals surface area contributed by atoms with Gasteiger partial charge in [0.15, 0.2) is 0 Å². The predicted octanol–water partition coefficient (Wildman–Crippen LogP) is 4.37. The Morgan fingerprint density at radius 1 is 1.35 bits per heavy atom. The fourth-order valence-electron chi connectivity index (χ4n) is 4.70. The van der Waals surface area contributed by atoms with E-state index in [0.717, 1.165) is 19.3 Å². The maximum atomic E-state index is 12.2. The highest BCUT2D eigenvalue weighted by Crippen LogP contribution is 2.59. The molecule has 0 saturated heterocycles. The molecule has 0 aromatic rings. The Bertz CT molecular complexity index is 328. The maximum absolute atomic E-state index is 12.2. The van der Waals surface area contributed by atoms with Crippen molar-refractivity contribution in [1.29, 1.82) is 0 Å². The van der Waals surface area contributed by atoms with Crippen LogP contribution >= 0.6 is 0 Å². The molecule has 1 heteroatoms. The molecule has 0 radical (unpaired) electrons. The molecule has 1 nitrogen and oxygen atoms in total. The summed E-state index contributed by atoms with van der Waals surface area (Å²) in [4.78, 5) is 12.2. The highest BCUT2D eigenvalue weighted by Gasteiger charge is 2.53. The standard InChI is InChI=1S/C16H26O/c1-5-7-12-13(17)8-9-14-15(2,3)10-6-11-16(12,14)4/h5,12,14H,1,6-11H2,2-4H3/t12?,14-,16-/m1/s1. The number of allylic oxidation sites excluding steroid dienone is 1. The van der Waals surface area contributed by atoms with Crippen molar-refractivity contribution in [2.45, 2.75) is 59.3 Å². The zero-order chi connectivity index (χ0) is 12.7. The number of fused-ring (bicyclic) bond motifs is 1. The van der Waals surface area contributed by atoms with Gasteiger partial charge in [0.2, 0.25) is 0 Å². The Kier molecular flexibility index (Phi) is 3.22. The number of hydrogen-bond donors (Lipinski definition) is 0. The zero-order valence-electron chi connectivity index (χ0n) is 11.6. The van der Waals surface area contributed by atoms with E-state index in [-0.39, 0.29) is 11.3 Å². The first-order valence-electron chi connectivity index (χ1n) is 7.05. The first-order valence-corrected chi connectivity index (χ1v) is 7.05. The number of Topliss-reactive ketones (excluding diaryl/α,β-unsaturated/α-hetero) is 1.